The van der Waals surface area contributed by atoms with Crippen LogP contribution in [0.2, 0.25) is 0 Å². The summed E-state index contributed by atoms with van der Waals surface area (Å²) in [6.07, 6.45) is 0. The minimum atomic E-state index is 0. The molecule has 0 spiro atoms. The Morgan fingerprint density at radius 1 is 1.75 bits per heavy atom. The van der Waals surface area contributed by atoms with Crippen LogP contribution in [0, 0.1) is 0 Å². The van der Waals surface area contributed by atoms with Gasteiger partial charge in [0.2, 0.25) is 0 Å². The maximum Gasteiger partial charge on any atom is 0.0402 e. The van der Waals surface area contributed by atoms with Gasteiger partial charge in [0.15, 0.2) is 0 Å². The molecule has 0 heterocycles. The minimum Gasteiger partial charge on any atom is -0.397 e. The van der Waals surface area contributed by atoms with Gasteiger partial charge in [-0.3, -0.25) is 0 Å². The Balaban J connectivity index is 0. The third-order valence-corrected chi connectivity index (χ3v) is 0. The van der Waals surface area contributed by atoms with E-state index >= 15 is 0 Å². The van der Waals surface area contributed by atoms with E-state index in [9.17, 15) is 0 Å². The zero-order valence-electron chi connectivity index (χ0n) is 2.49. The molecule has 4 heavy (non-hydrogen) atoms. The summed E-state index contributed by atoms with van der Waals surface area (Å²) < 4.78 is 0. The van der Waals surface area contributed by atoms with Gasteiger partial charge < -0.3 is 5.11 Å². The summed E-state index contributed by atoms with van der Waals surface area (Å²) in [6, 6.07) is 0. The van der Waals surface area contributed by atoms with Crippen LogP contribution in [0.3, 0.4) is 0 Å². The molecule has 29 valence electrons. The largest absolute Gasteiger partial charge is 0.397 e. The van der Waals surface area contributed by atoms with Crippen molar-refractivity contribution in [3.8, 4) is 0 Å². The molecule has 0 aromatic carbocycles. The van der Waals surface area contributed by atoms with E-state index in [0.29, 0.717) is 0 Å². The Bertz CT molecular complexity index is 6.00. The molecule has 0 atom stereocenters. The summed E-state index contributed by atoms with van der Waals surface area (Å²) in [7, 11) is 0. The van der Waals surface area contributed by atoms with E-state index in [1.165, 1.54) is 0 Å². The van der Waals surface area contributed by atoms with Gasteiger partial charge in [-0.2, -0.15) is 0 Å². The number of hydrogen-bond donors (Lipinski definition) is 1. The third kappa shape index (κ3) is 24.4. The Morgan fingerprint density at radius 3 is 1.75 bits per heavy atom. The first-order chi connectivity index (χ1) is 1.41. The van der Waals surface area contributed by atoms with Crippen LogP contribution in [0.4, 0.5) is 0 Å². The first kappa shape index (κ1) is 8.82. The number of aliphatic hydroxyl groups is 1. The van der Waals surface area contributed by atoms with Crippen molar-refractivity contribution in [1.82, 2.24) is 0 Å². The predicted octanol–water partition coefficient (Wildman–Crippen LogP) is -0.00390. The Kier molecular flexibility index (Phi) is 21.6. The minimum absolute atomic E-state index is 0. The summed E-state index contributed by atoms with van der Waals surface area (Å²) in [5.41, 5.74) is 0. The molecule has 1 radical (unpaired) electrons. The second kappa shape index (κ2) is 9.81. The van der Waals surface area contributed by atoms with E-state index < -0.39 is 0 Å². The van der Waals surface area contributed by atoms with Gasteiger partial charge in [0.1, 0.15) is 0 Å². The van der Waals surface area contributed by atoms with Crippen molar-refractivity contribution in [2.75, 3.05) is 6.61 Å². The molecule has 0 fully saturated rings. The first-order valence-corrected chi connectivity index (χ1v) is 1.02. The van der Waals surface area contributed by atoms with Gasteiger partial charge in [-0.05, 0) is 6.92 Å². The van der Waals surface area contributed by atoms with Crippen LogP contribution in [0.15, 0.2) is 0 Å². The van der Waals surface area contributed by atoms with E-state index in [4.69, 9.17) is 5.11 Å². The summed E-state index contributed by atoms with van der Waals surface area (Å²) in [6.45, 7) is 1.93. The van der Waals surface area contributed by atoms with Crippen molar-refractivity contribution in [2.45, 2.75) is 6.92 Å². The molecule has 0 amide bonds. The Labute approximate surface area is 36.2 Å². The maximum atomic E-state index is 7.57. The van der Waals surface area contributed by atoms with Crippen LogP contribution in [-0.2, 0) is 16.8 Å². The monoisotopic (exact) mass is 47.0 g/mol. The summed E-state index contributed by atoms with van der Waals surface area (Å²) in [5, 5.41) is 7.57. The van der Waals surface area contributed by atoms with E-state index in [2.05, 4.69) is 0 Å². The molecule has 2 heteroatoms. The molecule has 1 N–H and O–H groups in total. The second-order valence-electron chi connectivity index (χ2n) is 0.316. The molecule has 0 unspecified atom stereocenters. The van der Waals surface area contributed by atoms with Crippen LogP contribution in [-0.4, -0.2) is 11.7 Å². The van der Waals surface area contributed by atoms with Gasteiger partial charge in [-0.25, -0.2) is 0 Å². The van der Waals surface area contributed by atoms with E-state index in [0.717, 1.165) is 0 Å². The molecule has 0 aliphatic heterocycles. The van der Waals surface area contributed by atoms with Crippen LogP contribution >= 0.6 is 0 Å². The number of hydrogen-bond acceptors (Lipinski definition) is 1. The fraction of sp³-hybridized carbons (Fsp3) is 1.00. The van der Waals surface area contributed by atoms with Gasteiger partial charge in [-0.15, -0.1) is 0 Å². The Morgan fingerprint density at radius 2 is 1.75 bits per heavy atom. The van der Waals surface area contributed by atoms with Crippen molar-refractivity contribution < 1.29 is 21.9 Å². The van der Waals surface area contributed by atoms with Gasteiger partial charge >= 0.3 is 0 Å². The Hall–Kier alpha value is 0.466. The van der Waals surface area contributed by atoms with Crippen LogP contribution in [0.25, 0.3) is 0 Å². The molecular formula is C2H6CoO. The zero-order chi connectivity index (χ0) is 2.71. The quantitative estimate of drug-likeness (QED) is 0.407. The van der Waals surface area contributed by atoms with Gasteiger partial charge in [0.25, 0.3) is 0 Å². The van der Waals surface area contributed by atoms with Crippen molar-refractivity contribution >= 4 is 0 Å². The number of aliphatic hydroxyl groups excluding tert-OH is 1. The molecule has 0 saturated carbocycles. The summed E-state index contributed by atoms with van der Waals surface area (Å²) >= 11 is 0. The molecule has 0 aliphatic rings. The predicted molar refractivity (Wildman–Crippen MR) is 12.8 cm³/mol. The van der Waals surface area contributed by atoms with Crippen LogP contribution < -0.4 is 0 Å². The SMILES string of the molecule is CCO.[1Co]. The zero-order valence-corrected chi connectivity index (χ0v) is 3.53. The summed E-state index contributed by atoms with van der Waals surface area (Å²) in [4.78, 5) is 0. The fourth-order valence-electron chi connectivity index (χ4n) is 0. The van der Waals surface area contributed by atoms with E-state index in [-0.39, 0.29) is 23.4 Å². The van der Waals surface area contributed by atoms with E-state index in [1.54, 1.807) is 6.92 Å². The standard InChI is InChI=1S/C2H6O.Co/c1-2-3;/h3H,2H2,1H3;/i;1-58. The molecule has 1 nitrogen and oxygen atoms in total. The molecule has 0 aromatic rings. The molecular weight excluding hydrogens is 41.0 g/mol. The summed E-state index contributed by atoms with van der Waals surface area (Å²) in [5.74, 6) is 0. The van der Waals surface area contributed by atoms with Gasteiger partial charge in [0, 0.05) is 23.4 Å². The van der Waals surface area contributed by atoms with Crippen LogP contribution in [0.5, 0.6) is 0 Å². The van der Waals surface area contributed by atoms with Crippen molar-refractivity contribution in [3.05, 3.63) is 0 Å². The van der Waals surface area contributed by atoms with Crippen LogP contribution in [0.1, 0.15) is 6.92 Å². The van der Waals surface area contributed by atoms with Crippen molar-refractivity contribution in [2.24, 2.45) is 0 Å². The maximum absolute atomic E-state index is 7.57. The normalized spacial score (nSPS) is 4.50. The van der Waals surface area contributed by atoms with Crippen molar-refractivity contribution in [1.29, 1.82) is 0 Å². The third-order valence-electron chi connectivity index (χ3n) is 0. The molecule has 0 rings (SSSR count). The first-order valence-electron chi connectivity index (χ1n) is 1.02. The molecule has 0 bridgehead atoms. The molecule has 0 aliphatic carbocycles. The van der Waals surface area contributed by atoms with Crippen molar-refractivity contribution in [3.63, 3.8) is 0 Å². The second-order valence-corrected chi connectivity index (χ2v) is 0.316. The smallest absolute Gasteiger partial charge is 0.0402 e. The topological polar surface area (TPSA) is 20.2 Å². The van der Waals surface area contributed by atoms with Gasteiger partial charge in [0.05, 0.1) is 0 Å². The van der Waals surface area contributed by atoms with E-state index in [1.807, 2.05) is 0 Å². The van der Waals surface area contributed by atoms with Gasteiger partial charge in [-0.1, -0.05) is 0 Å². The average molecular weight is 47.1 g/mol. The fourth-order valence-corrected chi connectivity index (χ4v) is 0. The molecule has 0 saturated heterocycles. The number of rotatable bonds is 0. The molecule has 0 aromatic heterocycles. The average Bonchev–Trinajstić information content (AvgIpc) is 0.918.